The van der Waals surface area contributed by atoms with Crippen molar-refractivity contribution in [2.75, 3.05) is 19.6 Å². The molecule has 8 nitrogen and oxygen atoms in total. The first-order valence-electron chi connectivity index (χ1n) is 11.3. The Labute approximate surface area is 203 Å². The van der Waals surface area contributed by atoms with Gasteiger partial charge in [0.25, 0.3) is 11.8 Å². The number of nitrogens with zero attached hydrogens (tertiary/aromatic N) is 2. The summed E-state index contributed by atoms with van der Waals surface area (Å²) in [5, 5.41) is 3.22. The molecule has 3 amide bonds. The van der Waals surface area contributed by atoms with Gasteiger partial charge >= 0.3 is 0 Å². The molecule has 1 atom stereocenters. The second-order valence-corrected chi connectivity index (χ2v) is 10.7. The maximum atomic E-state index is 13.5. The largest absolute Gasteiger partial charge is 0.355 e. The predicted molar refractivity (Wildman–Crippen MR) is 127 cm³/mol. The summed E-state index contributed by atoms with van der Waals surface area (Å²) in [6, 6.07) is 11.7. The maximum Gasteiger partial charge on any atom is 0.261 e. The predicted octanol–water partition coefficient (Wildman–Crippen LogP) is 3.08. The fourth-order valence-corrected chi connectivity index (χ4v) is 6.15. The molecule has 0 bridgehead atoms. The number of hydrogen-bond acceptors (Lipinski definition) is 5. The Balaban J connectivity index is 1.48. The van der Waals surface area contributed by atoms with E-state index in [9.17, 15) is 22.8 Å². The normalized spacial score (nSPS) is 18.7. The molecule has 1 saturated heterocycles. The highest BCUT2D eigenvalue weighted by molar-refractivity contribution is 7.89. The molecule has 2 aromatic carbocycles. The lowest BCUT2D eigenvalue weighted by Crippen LogP contribution is -2.49. The molecule has 1 fully saturated rings. The summed E-state index contributed by atoms with van der Waals surface area (Å²) in [4.78, 5) is 39.1. The third kappa shape index (κ3) is 4.87. The molecule has 2 aliphatic rings. The number of imide groups is 1. The van der Waals surface area contributed by atoms with E-state index in [0.29, 0.717) is 42.0 Å². The molecule has 34 heavy (non-hydrogen) atoms. The van der Waals surface area contributed by atoms with E-state index in [1.807, 2.05) is 0 Å². The third-order valence-electron chi connectivity index (χ3n) is 6.16. The lowest BCUT2D eigenvalue weighted by molar-refractivity contribution is -0.124. The van der Waals surface area contributed by atoms with Gasteiger partial charge in [0.1, 0.15) is 6.04 Å². The molecule has 0 radical (unpaired) electrons. The van der Waals surface area contributed by atoms with E-state index in [1.54, 1.807) is 24.3 Å². The van der Waals surface area contributed by atoms with Gasteiger partial charge in [-0.05, 0) is 68.5 Å². The molecule has 2 heterocycles. The van der Waals surface area contributed by atoms with Crippen LogP contribution in [0.25, 0.3) is 0 Å². The van der Waals surface area contributed by atoms with Gasteiger partial charge in [0.15, 0.2) is 0 Å². The molecule has 10 heteroatoms. The number of halogens is 1. The minimum absolute atomic E-state index is 0.0642. The van der Waals surface area contributed by atoms with Gasteiger partial charge in [-0.1, -0.05) is 23.7 Å². The molecule has 2 aromatic rings. The summed E-state index contributed by atoms with van der Waals surface area (Å²) < 4.78 is 28.2. The lowest BCUT2D eigenvalue weighted by atomic mass is 10.1. The topological polar surface area (TPSA) is 104 Å². The number of sulfonamides is 1. The molecule has 0 aliphatic carbocycles. The first-order valence-corrected chi connectivity index (χ1v) is 13.1. The molecule has 2 aliphatic heterocycles. The van der Waals surface area contributed by atoms with Gasteiger partial charge in [0.05, 0.1) is 16.0 Å². The Hall–Kier alpha value is -2.75. The Bertz CT molecular complexity index is 1160. The number of amides is 3. The maximum absolute atomic E-state index is 13.5. The Morgan fingerprint density at radius 1 is 0.941 bits per heavy atom. The number of unbranched alkanes of at least 4 members (excludes halogenated alkanes) is 1. The van der Waals surface area contributed by atoms with Crippen molar-refractivity contribution in [3.8, 4) is 0 Å². The summed E-state index contributed by atoms with van der Waals surface area (Å²) >= 11 is 5.92. The van der Waals surface area contributed by atoms with Crippen LogP contribution in [-0.2, 0) is 14.8 Å². The first kappa shape index (κ1) is 24.4. The number of benzene rings is 2. The van der Waals surface area contributed by atoms with Crippen LogP contribution in [0.4, 0.5) is 0 Å². The summed E-state index contributed by atoms with van der Waals surface area (Å²) in [6.07, 6.45) is 2.73. The van der Waals surface area contributed by atoms with Crippen LogP contribution in [0.15, 0.2) is 53.4 Å². The van der Waals surface area contributed by atoms with Crippen molar-refractivity contribution in [3.05, 3.63) is 64.7 Å². The standard InChI is InChI=1S/C24H26ClN3O5S/c25-17-10-12-18(13-11-17)34(32,33)28(21-9-3-4-14-26-22(21)29)16-6-5-15-27-23(30)19-7-1-2-8-20(19)24(27)31/h1-2,7-8,10-13,21H,3-6,9,14-16H2,(H,26,29). The van der Waals surface area contributed by atoms with Crippen molar-refractivity contribution in [1.29, 1.82) is 0 Å². The second kappa shape index (κ2) is 10.2. The molecule has 4 rings (SSSR count). The van der Waals surface area contributed by atoms with E-state index >= 15 is 0 Å². The number of rotatable bonds is 8. The van der Waals surface area contributed by atoms with Crippen molar-refractivity contribution in [2.24, 2.45) is 0 Å². The van der Waals surface area contributed by atoms with E-state index in [4.69, 9.17) is 11.6 Å². The van der Waals surface area contributed by atoms with Gasteiger partial charge in [0.2, 0.25) is 15.9 Å². The highest BCUT2D eigenvalue weighted by Crippen LogP contribution is 2.26. The molecule has 0 spiro atoms. The van der Waals surface area contributed by atoms with Crippen molar-refractivity contribution in [3.63, 3.8) is 0 Å². The van der Waals surface area contributed by atoms with Crippen LogP contribution in [0.1, 0.15) is 52.8 Å². The third-order valence-corrected chi connectivity index (χ3v) is 8.34. The minimum atomic E-state index is -3.96. The summed E-state index contributed by atoms with van der Waals surface area (Å²) in [5.41, 5.74) is 0.768. The van der Waals surface area contributed by atoms with Gasteiger partial charge in [-0.3, -0.25) is 19.3 Å². The van der Waals surface area contributed by atoms with Gasteiger partial charge < -0.3 is 5.32 Å². The van der Waals surface area contributed by atoms with Crippen LogP contribution in [0, 0.1) is 0 Å². The molecule has 1 N–H and O–H groups in total. The smallest absolute Gasteiger partial charge is 0.261 e. The molecule has 180 valence electrons. The molecule has 0 saturated carbocycles. The van der Waals surface area contributed by atoms with Crippen LogP contribution < -0.4 is 5.32 Å². The second-order valence-electron chi connectivity index (χ2n) is 8.39. The van der Waals surface area contributed by atoms with Gasteiger partial charge in [-0.25, -0.2) is 8.42 Å². The molecular formula is C24H26ClN3O5S. The van der Waals surface area contributed by atoms with E-state index in [1.165, 1.54) is 33.5 Å². The Morgan fingerprint density at radius 2 is 1.59 bits per heavy atom. The number of hydrogen-bond donors (Lipinski definition) is 1. The Kier molecular flexibility index (Phi) is 7.35. The number of nitrogens with one attached hydrogen (secondary N) is 1. The van der Waals surface area contributed by atoms with E-state index in [0.717, 1.165) is 12.8 Å². The van der Waals surface area contributed by atoms with E-state index in [2.05, 4.69) is 5.32 Å². The number of carbonyl (C=O) groups excluding carboxylic acids is 3. The summed E-state index contributed by atoms with van der Waals surface area (Å²) in [6.45, 7) is 0.786. The van der Waals surface area contributed by atoms with E-state index < -0.39 is 16.1 Å². The van der Waals surface area contributed by atoms with Crippen LogP contribution in [-0.4, -0.2) is 61.0 Å². The highest BCUT2D eigenvalue weighted by Gasteiger charge is 2.37. The highest BCUT2D eigenvalue weighted by atomic mass is 35.5. The number of carbonyl (C=O) groups is 3. The van der Waals surface area contributed by atoms with Crippen LogP contribution in [0.3, 0.4) is 0 Å². The van der Waals surface area contributed by atoms with E-state index in [-0.39, 0.29) is 35.7 Å². The zero-order valence-electron chi connectivity index (χ0n) is 18.6. The summed E-state index contributed by atoms with van der Waals surface area (Å²) in [7, 11) is -3.96. The van der Waals surface area contributed by atoms with Crippen molar-refractivity contribution >= 4 is 39.3 Å². The zero-order chi connectivity index (χ0) is 24.3. The molecule has 0 aromatic heterocycles. The van der Waals surface area contributed by atoms with Gasteiger partial charge in [0, 0.05) is 24.7 Å². The SMILES string of the molecule is O=C1NCCCCC1N(CCCCN1C(=O)c2ccccc2C1=O)S(=O)(=O)c1ccc(Cl)cc1. The van der Waals surface area contributed by atoms with Gasteiger partial charge in [-0.15, -0.1) is 0 Å². The van der Waals surface area contributed by atoms with Crippen LogP contribution >= 0.6 is 11.6 Å². The minimum Gasteiger partial charge on any atom is -0.355 e. The quantitative estimate of drug-likeness (QED) is 0.440. The fraction of sp³-hybridized carbons (Fsp3) is 0.375. The van der Waals surface area contributed by atoms with Crippen molar-refractivity contribution in [1.82, 2.24) is 14.5 Å². The number of fused-ring (bicyclic) bond motifs is 1. The van der Waals surface area contributed by atoms with Crippen LogP contribution in [0.2, 0.25) is 5.02 Å². The monoisotopic (exact) mass is 503 g/mol. The fourth-order valence-electron chi connectivity index (χ4n) is 4.36. The first-order chi connectivity index (χ1) is 16.3. The van der Waals surface area contributed by atoms with Gasteiger partial charge in [-0.2, -0.15) is 4.31 Å². The average molecular weight is 504 g/mol. The Morgan fingerprint density at radius 3 is 2.24 bits per heavy atom. The van der Waals surface area contributed by atoms with Crippen molar-refractivity contribution in [2.45, 2.75) is 43.0 Å². The average Bonchev–Trinajstić information content (AvgIpc) is 2.94. The van der Waals surface area contributed by atoms with Crippen LogP contribution in [0.5, 0.6) is 0 Å². The zero-order valence-corrected chi connectivity index (χ0v) is 20.1. The molecule has 1 unspecified atom stereocenters. The van der Waals surface area contributed by atoms with Crippen molar-refractivity contribution < 1.29 is 22.8 Å². The lowest BCUT2D eigenvalue weighted by Gasteiger charge is -2.29. The molecular weight excluding hydrogens is 478 g/mol. The summed E-state index contributed by atoms with van der Waals surface area (Å²) in [5.74, 6) is -0.987.